The van der Waals surface area contributed by atoms with Crippen molar-refractivity contribution in [2.24, 2.45) is 0 Å². The zero-order valence-corrected chi connectivity index (χ0v) is 12.9. The Bertz CT molecular complexity index is 504. The highest BCUT2D eigenvalue weighted by atomic mass is 32.1. The first-order chi connectivity index (χ1) is 9.13. The Balaban J connectivity index is 2.24. The lowest BCUT2D eigenvalue weighted by molar-refractivity contribution is 0.504. The molecule has 2 unspecified atom stereocenters. The van der Waals surface area contributed by atoms with E-state index < -0.39 is 0 Å². The van der Waals surface area contributed by atoms with Crippen LogP contribution in [0.4, 0.5) is 0 Å². The molecule has 0 aliphatic carbocycles. The molecule has 19 heavy (non-hydrogen) atoms. The van der Waals surface area contributed by atoms with E-state index in [-0.39, 0.29) is 6.04 Å². The van der Waals surface area contributed by atoms with Gasteiger partial charge in [0, 0.05) is 11.3 Å². The normalized spacial score (nSPS) is 14.6. The molecule has 2 atom stereocenters. The summed E-state index contributed by atoms with van der Waals surface area (Å²) in [7, 11) is 2.01. The maximum atomic E-state index is 4.78. The Morgan fingerprint density at radius 3 is 2.32 bits per heavy atom. The average molecular weight is 274 g/mol. The van der Waals surface area contributed by atoms with Crippen LogP contribution in [0.2, 0.25) is 0 Å². The number of thiazole rings is 1. The van der Waals surface area contributed by atoms with Gasteiger partial charge in [-0.05, 0) is 18.5 Å². The zero-order valence-electron chi connectivity index (χ0n) is 12.1. The van der Waals surface area contributed by atoms with E-state index >= 15 is 0 Å². The molecule has 0 aliphatic heterocycles. The Kier molecular flexibility index (Phi) is 4.72. The van der Waals surface area contributed by atoms with Crippen LogP contribution in [0.3, 0.4) is 0 Å². The van der Waals surface area contributed by atoms with Gasteiger partial charge in [-0.25, -0.2) is 4.98 Å². The van der Waals surface area contributed by atoms with Gasteiger partial charge in [-0.1, -0.05) is 51.1 Å². The highest BCUT2D eigenvalue weighted by molar-refractivity contribution is 7.09. The summed E-state index contributed by atoms with van der Waals surface area (Å²) in [5.41, 5.74) is 2.55. The van der Waals surface area contributed by atoms with Crippen molar-refractivity contribution in [1.82, 2.24) is 10.3 Å². The molecule has 0 aliphatic rings. The van der Waals surface area contributed by atoms with Gasteiger partial charge >= 0.3 is 0 Å². The van der Waals surface area contributed by atoms with E-state index in [0.717, 1.165) is 0 Å². The minimum absolute atomic E-state index is 0.278. The lowest BCUT2D eigenvalue weighted by Gasteiger charge is -2.22. The van der Waals surface area contributed by atoms with Crippen LogP contribution in [-0.2, 0) is 0 Å². The summed E-state index contributed by atoms with van der Waals surface area (Å²) >= 11 is 1.76. The Labute approximate surface area is 119 Å². The molecule has 2 rings (SSSR count). The molecule has 0 spiro atoms. The molecule has 1 aromatic carbocycles. The van der Waals surface area contributed by atoms with Gasteiger partial charge in [-0.2, -0.15) is 0 Å². The summed E-state index contributed by atoms with van der Waals surface area (Å²) in [6, 6.07) is 10.9. The minimum atomic E-state index is 0.278. The first kappa shape index (κ1) is 14.2. The quantitative estimate of drug-likeness (QED) is 0.877. The van der Waals surface area contributed by atoms with E-state index in [0.29, 0.717) is 11.8 Å². The molecule has 0 fully saturated rings. The van der Waals surface area contributed by atoms with Crippen molar-refractivity contribution in [1.29, 1.82) is 0 Å². The molecule has 0 amide bonds. The van der Waals surface area contributed by atoms with Crippen molar-refractivity contribution >= 4 is 11.3 Å². The van der Waals surface area contributed by atoms with Crippen molar-refractivity contribution in [2.45, 2.75) is 38.6 Å². The van der Waals surface area contributed by atoms with Gasteiger partial charge in [0.1, 0.15) is 5.01 Å². The summed E-state index contributed by atoms with van der Waals surface area (Å²) in [6.45, 7) is 6.63. The van der Waals surface area contributed by atoms with Gasteiger partial charge in [0.25, 0.3) is 0 Å². The summed E-state index contributed by atoms with van der Waals surface area (Å²) in [6.07, 6.45) is 0. The van der Waals surface area contributed by atoms with Gasteiger partial charge in [0.05, 0.1) is 11.7 Å². The molecule has 1 N–H and O–H groups in total. The number of nitrogens with zero attached hydrogens (tertiary/aromatic N) is 1. The maximum Gasteiger partial charge on any atom is 0.110 e. The molecule has 2 nitrogen and oxygen atoms in total. The Hall–Kier alpha value is -1.19. The van der Waals surface area contributed by atoms with Crippen LogP contribution in [0.15, 0.2) is 35.7 Å². The van der Waals surface area contributed by atoms with E-state index in [1.165, 1.54) is 16.3 Å². The average Bonchev–Trinajstić information content (AvgIpc) is 2.90. The van der Waals surface area contributed by atoms with Crippen molar-refractivity contribution in [3.63, 3.8) is 0 Å². The predicted octanol–water partition coefficient (Wildman–Crippen LogP) is 4.33. The summed E-state index contributed by atoms with van der Waals surface area (Å²) in [5, 5.41) is 6.78. The van der Waals surface area contributed by atoms with Crippen LogP contribution in [-0.4, -0.2) is 12.0 Å². The van der Waals surface area contributed by atoms with E-state index in [2.05, 4.69) is 61.8 Å². The van der Waals surface area contributed by atoms with Crippen molar-refractivity contribution in [2.75, 3.05) is 7.05 Å². The Morgan fingerprint density at radius 2 is 1.79 bits per heavy atom. The van der Waals surface area contributed by atoms with Crippen LogP contribution >= 0.6 is 11.3 Å². The zero-order chi connectivity index (χ0) is 13.8. The number of hydrogen-bond acceptors (Lipinski definition) is 3. The molecule has 1 aromatic heterocycles. The smallest absolute Gasteiger partial charge is 0.110 e. The van der Waals surface area contributed by atoms with Gasteiger partial charge < -0.3 is 5.32 Å². The fourth-order valence-corrected chi connectivity index (χ4v) is 3.44. The summed E-state index contributed by atoms with van der Waals surface area (Å²) in [5.74, 6) is 0.909. The highest BCUT2D eigenvalue weighted by Crippen LogP contribution is 2.33. The number of aromatic nitrogens is 1. The fourth-order valence-electron chi connectivity index (χ4n) is 2.25. The van der Waals surface area contributed by atoms with E-state index in [1.54, 1.807) is 11.3 Å². The van der Waals surface area contributed by atoms with Crippen molar-refractivity contribution in [3.05, 3.63) is 52.0 Å². The molecule has 2 aromatic rings. The topological polar surface area (TPSA) is 24.9 Å². The second-order valence-electron chi connectivity index (χ2n) is 5.23. The lowest BCUT2D eigenvalue weighted by Crippen LogP contribution is -2.22. The van der Waals surface area contributed by atoms with Crippen LogP contribution < -0.4 is 5.32 Å². The molecule has 0 saturated heterocycles. The van der Waals surface area contributed by atoms with Crippen LogP contribution in [0.25, 0.3) is 0 Å². The first-order valence-corrected chi connectivity index (χ1v) is 7.69. The minimum Gasteiger partial charge on any atom is -0.311 e. The van der Waals surface area contributed by atoms with Crippen molar-refractivity contribution in [3.8, 4) is 0 Å². The van der Waals surface area contributed by atoms with Gasteiger partial charge in [-0.15, -0.1) is 11.3 Å². The maximum absolute atomic E-state index is 4.78. The third kappa shape index (κ3) is 3.23. The molecular weight excluding hydrogens is 252 g/mol. The summed E-state index contributed by atoms with van der Waals surface area (Å²) in [4.78, 5) is 4.78. The highest BCUT2D eigenvalue weighted by Gasteiger charge is 2.22. The van der Waals surface area contributed by atoms with Gasteiger partial charge in [-0.3, -0.25) is 0 Å². The SMILES string of the molecule is CNC(c1nc(C(C)C)cs1)C(C)c1ccccc1. The van der Waals surface area contributed by atoms with Crippen LogP contribution in [0.5, 0.6) is 0 Å². The molecule has 3 heteroatoms. The van der Waals surface area contributed by atoms with Crippen LogP contribution in [0.1, 0.15) is 54.9 Å². The van der Waals surface area contributed by atoms with E-state index in [9.17, 15) is 0 Å². The third-order valence-electron chi connectivity index (χ3n) is 3.53. The van der Waals surface area contributed by atoms with Crippen LogP contribution in [0, 0.1) is 0 Å². The molecular formula is C16H22N2S. The van der Waals surface area contributed by atoms with Gasteiger partial charge in [0.2, 0.25) is 0 Å². The van der Waals surface area contributed by atoms with Gasteiger partial charge in [0.15, 0.2) is 0 Å². The lowest BCUT2D eigenvalue weighted by atomic mass is 9.94. The molecule has 0 saturated carbocycles. The van der Waals surface area contributed by atoms with E-state index in [4.69, 9.17) is 4.98 Å². The second-order valence-corrected chi connectivity index (χ2v) is 6.12. The number of rotatable bonds is 5. The first-order valence-electron chi connectivity index (χ1n) is 6.81. The number of nitrogens with one attached hydrogen (secondary N) is 1. The number of likely N-dealkylation sites (N-methyl/N-ethyl adjacent to an activating group) is 1. The van der Waals surface area contributed by atoms with Crippen molar-refractivity contribution < 1.29 is 0 Å². The molecule has 102 valence electrons. The molecule has 1 heterocycles. The largest absolute Gasteiger partial charge is 0.311 e. The molecule has 0 radical (unpaired) electrons. The number of hydrogen-bond donors (Lipinski definition) is 1. The third-order valence-corrected chi connectivity index (χ3v) is 4.48. The predicted molar refractivity (Wildman–Crippen MR) is 82.9 cm³/mol. The second kappa shape index (κ2) is 6.31. The monoisotopic (exact) mass is 274 g/mol. The Morgan fingerprint density at radius 1 is 1.11 bits per heavy atom. The number of benzene rings is 1. The fraction of sp³-hybridized carbons (Fsp3) is 0.438. The van der Waals surface area contributed by atoms with E-state index in [1.807, 2.05) is 7.05 Å². The molecule has 0 bridgehead atoms. The standard InChI is InChI=1S/C16H22N2S/c1-11(2)14-10-19-16(18-14)15(17-4)12(3)13-8-6-5-7-9-13/h5-12,15,17H,1-4H3. The summed E-state index contributed by atoms with van der Waals surface area (Å²) < 4.78 is 0.